The smallest absolute Gasteiger partial charge is 0.264 e. The molecule has 0 spiro atoms. The van der Waals surface area contributed by atoms with Crippen molar-refractivity contribution in [1.29, 1.82) is 0 Å². The summed E-state index contributed by atoms with van der Waals surface area (Å²) in [4.78, 5) is 6.58. The zero-order chi connectivity index (χ0) is 19.7. The van der Waals surface area contributed by atoms with Crippen molar-refractivity contribution in [3.05, 3.63) is 60.8 Å². The van der Waals surface area contributed by atoms with Crippen LogP contribution in [0.25, 0.3) is 0 Å². The molecule has 0 amide bonds. The third-order valence-electron chi connectivity index (χ3n) is 4.62. The van der Waals surface area contributed by atoms with E-state index in [1.807, 2.05) is 59.6 Å². The zero-order valence-electron chi connectivity index (χ0n) is 14.7. The zero-order valence-corrected chi connectivity index (χ0v) is 17.1. The van der Waals surface area contributed by atoms with Crippen molar-refractivity contribution in [3.8, 4) is 11.5 Å². The van der Waals surface area contributed by atoms with Gasteiger partial charge < -0.3 is 9.64 Å². The highest BCUT2D eigenvalue weighted by Gasteiger charge is 2.37. The second-order valence-electron chi connectivity index (χ2n) is 6.45. The number of fused-ring (bicyclic) bond motifs is 2. The Bertz CT molecular complexity index is 995. The minimum Gasteiger partial charge on any atom is -0.453 e. The van der Waals surface area contributed by atoms with Gasteiger partial charge in [-0.25, -0.2) is 0 Å². The Balaban J connectivity index is 1.83. The van der Waals surface area contributed by atoms with Gasteiger partial charge in [0.25, 0.3) is 10.1 Å². The molecule has 2 atom stereocenters. The first kappa shape index (κ1) is 19.0. The van der Waals surface area contributed by atoms with Gasteiger partial charge >= 0.3 is 0 Å². The molecule has 28 heavy (non-hydrogen) atoms. The van der Waals surface area contributed by atoms with Crippen LogP contribution in [0.1, 0.15) is 6.42 Å². The molecule has 2 unspecified atom stereocenters. The number of para-hydroxylation sites is 4. The van der Waals surface area contributed by atoms with Crippen LogP contribution in [0.15, 0.2) is 65.8 Å². The first-order chi connectivity index (χ1) is 13.4. The van der Waals surface area contributed by atoms with E-state index >= 15 is 0 Å². The third kappa shape index (κ3) is 3.78. The van der Waals surface area contributed by atoms with Gasteiger partial charge in [-0.2, -0.15) is 8.42 Å². The summed E-state index contributed by atoms with van der Waals surface area (Å²) in [7, 11) is -4.13. The molecule has 0 aromatic heterocycles. The standard InChI is InChI=1S/C19H18BrN3O4S/c20-22-12-5-11-21-19(22)16(10-13-28(24,25)26)23-14-6-1-3-8-17(14)27-18-9-4-2-7-15(18)23/h1-9,11-12,16,19H,10,13H2,(H,24,25,26). The van der Waals surface area contributed by atoms with Gasteiger partial charge in [-0.05, 0) is 36.8 Å². The van der Waals surface area contributed by atoms with Crippen molar-refractivity contribution in [3.63, 3.8) is 0 Å². The second kappa shape index (κ2) is 7.57. The second-order valence-corrected chi connectivity index (χ2v) is 8.84. The Kier molecular flexibility index (Phi) is 5.13. The summed E-state index contributed by atoms with van der Waals surface area (Å²) >= 11 is 3.49. The maximum Gasteiger partial charge on any atom is 0.264 e. The molecular formula is C19H18BrN3O4S. The summed E-state index contributed by atoms with van der Waals surface area (Å²) in [5.74, 6) is 0.972. The number of hydrogen-bond donors (Lipinski definition) is 1. The number of aliphatic imine (C=N–C) groups is 1. The van der Waals surface area contributed by atoms with Crippen molar-refractivity contribution in [2.24, 2.45) is 4.99 Å². The summed E-state index contributed by atoms with van der Waals surface area (Å²) in [5.41, 5.74) is 1.62. The minimum atomic E-state index is -4.13. The highest BCUT2D eigenvalue weighted by Crippen LogP contribution is 2.48. The van der Waals surface area contributed by atoms with E-state index in [0.29, 0.717) is 11.5 Å². The molecule has 2 aromatic carbocycles. The van der Waals surface area contributed by atoms with Crippen molar-refractivity contribution < 1.29 is 17.7 Å². The lowest BCUT2D eigenvalue weighted by Crippen LogP contribution is -2.47. The van der Waals surface area contributed by atoms with Gasteiger partial charge in [-0.1, -0.05) is 24.3 Å². The molecule has 1 N–H and O–H groups in total. The minimum absolute atomic E-state index is 0.166. The maximum absolute atomic E-state index is 11.5. The maximum atomic E-state index is 11.5. The van der Waals surface area contributed by atoms with Crippen molar-refractivity contribution in [2.45, 2.75) is 18.6 Å². The van der Waals surface area contributed by atoms with Crippen LogP contribution in [0.4, 0.5) is 11.4 Å². The molecule has 0 fully saturated rings. The van der Waals surface area contributed by atoms with E-state index in [1.54, 1.807) is 16.2 Å². The number of rotatable bonds is 5. The van der Waals surface area contributed by atoms with Crippen molar-refractivity contribution in [1.82, 2.24) is 3.93 Å². The van der Waals surface area contributed by atoms with Crippen molar-refractivity contribution in [2.75, 3.05) is 10.7 Å². The van der Waals surface area contributed by atoms with E-state index in [2.05, 4.69) is 21.1 Å². The molecule has 0 bridgehead atoms. The first-order valence-corrected chi connectivity index (χ1v) is 11.0. The van der Waals surface area contributed by atoms with E-state index in [4.69, 9.17) is 4.74 Å². The average molecular weight is 464 g/mol. The van der Waals surface area contributed by atoms with Crippen LogP contribution in [0, 0.1) is 0 Å². The molecule has 4 rings (SSSR count). The van der Waals surface area contributed by atoms with Crippen LogP contribution >= 0.6 is 16.1 Å². The van der Waals surface area contributed by atoms with E-state index in [1.165, 1.54) is 0 Å². The molecule has 0 radical (unpaired) electrons. The number of nitrogens with zero attached hydrogens (tertiary/aromatic N) is 3. The molecule has 0 saturated heterocycles. The molecule has 2 aliphatic rings. The van der Waals surface area contributed by atoms with Gasteiger partial charge in [0, 0.05) is 12.4 Å². The molecule has 2 heterocycles. The fraction of sp³-hybridized carbons (Fsp3) is 0.211. The molecule has 0 aliphatic carbocycles. The summed E-state index contributed by atoms with van der Waals surface area (Å²) in [6.07, 6.45) is 5.04. The lowest BCUT2D eigenvalue weighted by Gasteiger charge is -2.42. The molecule has 0 saturated carbocycles. The number of hydrogen-bond acceptors (Lipinski definition) is 6. The predicted octanol–water partition coefficient (Wildman–Crippen LogP) is 4.11. The largest absolute Gasteiger partial charge is 0.453 e. The Morgan fingerprint density at radius 1 is 1.11 bits per heavy atom. The van der Waals surface area contributed by atoms with Crippen LogP contribution in [0.5, 0.6) is 11.5 Å². The predicted molar refractivity (Wildman–Crippen MR) is 112 cm³/mol. The number of halogens is 1. The van der Waals surface area contributed by atoms with Gasteiger partial charge in [-0.15, -0.1) is 0 Å². The fourth-order valence-corrected chi connectivity index (χ4v) is 4.50. The molecule has 146 valence electrons. The SMILES string of the molecule is O=S(=O)(O)CCC(C1N=CC=CN1Br)N1c2ccccc2Oc2ccccc21. The monoisotopic (exact) mass is 463 g/mol. The number of benzene rings is 2. The van der Waals surface area contributed by atoms with Crippen LogP contribution in [-0.4, -0.2) is 41.1 Å². The van der Waals surface area contributed by atoms with Gasteiger partial charge in [0.15, 0.2) is 17.7 Å². The van der Waals surface area contributed by atoms with Gasteiger partial charge in [0.05, 0.1) is 39.3 Å². The summed E-state index contributed by atoms with van der Waals surface area (Å²) in [6, 6.07) is 14.8. The van der Waals surface area contributed by atoms with Crippen molar-refractivity contribution >= 4 is 43.9 Å². The summed E-state index contributed by atoms with van der Waals surface area (Å²) in [6.45, 7) is 0. The molecular weight excluding hydrogens is 446 g/mol. The highest BCUT2D eigenvalue weighted by molar-refractivity contribution is 9.07. The lowest BCUT2D eigenvalue weighted by molar-refractivity contribution is 0.366. The fourth-order valence-electron chi connectivity index (χ4n) is 3.45. The quantitative estimate of drug-likeness (QED) is 0.530. The van der Waals surface area contributed by atoms with E-state index in [0.717, 1.165) is 11.4 Å². The van der Waals surface area contributed by atoms with Crippen LogP contribution in [-0.2, 0) is 10.1 Å². The average Bonchev–Trinajstić information content (AvgIpc) is 2.67. The normalized spacial score (nSPS) is 19.0. The van der Waals surface area contributed by atoms with Crippen LogP contribution in [0.3, 0.4) is 0 Å². The number of ether oxygens (including phenoxy) is 1. The van der Waals surface area contributed by atoms with E-state index in [9.17, 15) is 13.0 Å². The van der Waals surface area contributed by atoms with E-state index in [-0.39, 0.29) is 12.2 Å². The highest BCUT2D eigenvalue weighted by atomic mass is 79.9. The van der Waals surface area contributed by atoms with Gasteiger partial charge in [-0.3, -0.25) is 13.5 Å². The Morgan fingerprint density at radius 2 is 1.71 bits per heavy atom. The molecule has 7 nitrogen and oxygen atoms in total. The number of allylic oxidation sites excluding steroid dienone is 1. The summed E-state index contributed by atoms with van der Waals surface area (Å²) in [5, 5.41) is 0. The number of anilines is 2. The van der Waals surface area contributed by atoms with Gasteiger partial charge in [0.1, 0.15) is 0 Å². The third-order valence-corrected chi connectivity index (χ3v) is 6.03. The summed E-state index contributed by atoms with van der Waals surface area (Å²) < 4.78 is 40.2. The lowest BCUT2D eigenvalue weighted by atomic mass is 10.0. The molecule has 2 aromatic rings. The Morgan fingerprint density at radius 3 is 2.29 bits per heavy atom. The first-order valence-electron chi connectivity index (χ1n) is 8.68. The van der Waals surface area contributed by atoms with Gasteiger partial charge in [0.2, 0.25) is 0 Å². The Hall–Kier alpha value is -2.36. The topological polar surface area (TPSA) is 82.4 Å². The molecule has 2 aliphatic heterocycles. The van der Waals surface area contributed by atoms with E-state index < -0.39 is 22.3 Å². The van der Waals surface area contributed by atoms with Crippen LogP contribution < -0.4 is 9.64 Å². The Labute approximate surface area is 172 Å². The van der Waals surface area contributed by atoms with Crippen LogP contribution in [0.2, 0.25) is 0 Å². The molecule has 9 heteroatoms.